The maximum absolute atomic E-state index is 10.9. The van der Waals surface area contributed by atoms with Crippen LogP contribution in [0.15, 0.2) is 42.6 Å². The lowest BCUT2D eigenvalue weighted by Crippen LogP contribution is -2.03. The van der Waals surface area contributed by atoms with Crippen LogP contribution < -0.4 is 10.5 Å². The summed E-state index contributed by atoms with van der Waals surface area (Å²) in [7, 11) is 0. The maximum atomic E-state index is 10.9. The first-order valence-electron chi connectivity index (χ1n) is 4.88. The molecule has 2 aromatic rings. The number of nitrogens with two attached hydrogens (primary N) is 1. The molecule has 2 rings (SSSR count). The minimum absolute atomic E-state index is 0.0223. The summed E-state index contributed by atoms with van der Waals surface area (Å²) in [6.45, 7) is 0. The number of anilines is 1. The van der Waals surface area contributed by atoms with Crippen molar-refractivity contribution >= 4 is 11.7 Å². The van der Waals surface area contributed by atoms with Gasteiger partial charge in [0.25, 0.3) is 0 Å². The van der Waals surface area contributed by atoms with E-state index in [0.29, 0.717) is 5.75 Å². The molecule has 1 aromatic heterocycles. The van der Waals surface area contributed by atoms with Gasteiger partial charge in [-0.15, -0.1) is 0 Å². The first-order chi connectivity index (χ1) is 8.16. The minimum atomic E-state index is -1.11. The Morgan fingerprint density at radius 3 is 2.65 bits per heavy atom. The van der Waals surface area contributed by atoms with Crippen LogP contribution in [0.2, 0.25) is 0 Å². The predicted octanol–water partition coefficient (Wildman–Crippen LogP) is 2.15. The van der Waals surface area contributed by atoms with Gasteiger partial charge in [0.15, 0.2) is 0 Å². The molecule has 0 unspecified atom stereocenters. The molecule has 0 aliphatic carbocycles. The Balaban J connectivity index is 2.29. The smallest absolute Gasteiger partial charge is 0.338 e. The van der Waals surface area contributed by atoms with Gasteiger partial charge < -0.3 is 15.6 Å². The normalized spacial score (nSPS) is 9.88. The number of aromatic nitrogens is 1. The van der Waals surface area contributed by atoms with Gasteiger partial charge in [-0.05, 0) is 12.1 Å². The number of pyridine rings is 1. The number of hydrogen-bond donors (Lipinski definition) is 2. The fraction of sp³-hybridized carbons (Fsp3) is 0. The molecule has 1 aromatic carbocycles. The zero-order chi connectivity index (χ0) is 12.3. The van der Waals surface area contributed by atoms with Crippen LogP contribution in [0.1, 0.15) is 10.4 Å². The molecule has 3 N–H and O–H groups in total. The van der Waals surface area contributed by atoms with E-state index in [-0.39, 0.29) is 17.1 Å². The van der Waals surface area contributed by atoms with Crippen molar-refractivity contribution < 1.29 is 14.6 Å². The second-order valence-electron chi connectivity index (χ2n) is 3.33. The van der Waals surface area contributed by atoms with Crippen molar-refractivity contribution in [1.29, 1.82) is 0 Å². The highest BCUT2D eigenvalue weighted by Gasteiger charge is 2.10. The van der Waals surface area contributed by atoms with Crippen molar-refractivity contribution in [1.82, 2.24) is 4.98 Å². The zero-order valence-corrected chi connectivity index (χ0v) is 8.83. The number of carboxylic acids is 1. The number of carbonyl (C=O) groups is 1. The summed E-state index contributed by atoms with van der Waals surface area (Å²) < 4.78 is 5.39. The molecule has 0 bridgehead atoms. The molecule has 17 heavy (non-hydrogen) atoms. The molecular weight excluding hydrogens is 220 g/mol. The average Bonchev–Trinajstić information content (AvgIpc) is 2.32. The van der Waals surface area contributed by atoms with Crippen LogP contribution in [0, 0.1) is 0 Å². The summed E-state index contributed by atoms with van der Waals surface area (Å²) in [6.07, 6.45) is 1.27. The highest BCUT2D eigenvalue weighted by Crippen LogP contribution is 2.22. The molecule has 0 aliphatic rings. The van der Waals surface area contributed by atoms with Crippen LogP contribution in [0.5, 0.6) is 11.6 Å². The van der Waals surface area contributed by atoms with Crippen molar-refractivity contribution in [3.05, 3.63) is 48.2 Å². The Bertz CT molecular complexity index is 541. The van der Waals surface area contributed by atoms with E-state index in [1.54, 1.807) is 12.1 Å². The molecule has 0 radical (unpaired) electrons. The molecule has 0 spiro atoms. The van der Waals surface area contributed by atoms with E-state index >= 15 is 0 Å². The van der Waals surface area contributed by atoms with Crippen molar-refractivity contribution in [2.45, 2.75) is 0 Å². The van der Waals surface area contributed by atoms with Crippen LogP contribution in [0.4, 0.5) is 5.69 Å². The van der Waals surface area contributed by atoms with E-state index in [2.05, 4.69) is 4.98 Å². The predicted molar refractivity (Wildman–Crippen MR) is 62.1 cm³/mol. The quantitative estimate of drug-likeness (QED) is 0.843. The van der Waals surface area contributed by atoms with Crippen molar-refractivity contribution in [3.63, 3.8) is 0 Å². The van der Waals surface area contributed by atoms with Gasteiger partial charge in [0.2, 0.25) is 5.88 Å². The lowest BCUT2D eigenvalue weighted by molar-refractivity contribution is 0.0697. The minimum Gasteiger partial charge on any atom is -0.478 e. The summed E-state index contributed by atoms with van der Waals surface area (Å²) in [5.74, 6) is -0.327. The van der Waals surface area contributed by atoms with Crippen LogP contribution in [0.25, 0.3) is 0 Å². The van der Waals surface area contributed by atoms with E-state index < -0.39 is 5.97 Å². The third-order valence-corrected chi connectivity index (χ3v) is 2.11. The van der Waals surface area contributed by atoms with Gasteiger partial charge in [0.05, 0.1) is 17.4 Å². The Hall–Kier alpha value is -2.56. The number of nitrogens with zero attached hydrogens (tertiary/aromatic N) is 1. The second-order valence-corrected chi connectivity index (χ2v) is 3.33. The molecule has 0 saturated heterocycles. The van der Waals surface area contributed by atoms with Gasteiger partial charge in [-0.2, -0.15) is 0 Å². The lowest BCUT2D eigenvalue weighted by Gasteiger charge is -2.06. The standard InChI is InChI=1S/C12H10N2O3/c13-10-7-14-11(6-9(10)12(15)16)17-8-4-2-1-3-5-8/h1-7H,13H2,(H,15,16). The fourth-order valence-electron chi connectivity index (χ4n) is 1.30. The van der Waals surface area contributed by atoms with Gasteiger partial charge in [-0.3, -0.25) is 0 Å². The van der Waals surface area contributed by atoms with Crippen LogP contribution in [0.3, 0.4) is 0 Å². The average molecular weight is 230 g/mol. The molecule has 0 aliphatic heterocycles. The van der Waals surface area contributed by atoms with Crippen LogP contribution in [-0.2, 0) is 0 Å². The van der Waals surface area contributed by atoms with E-state index in [9.17, 15) is 4.79 Å². The molecule has 1 heterocycles. The Morgan fingerprint density at radius 2 is 2.00 bits per heavy atom. The van der Waals surface area contributed by atoms with E-state index in [4.69, 9.17) is 15.6 Å². The van der Waals surface area contributed by atoms with Gasteiger partial charge in [0, 0.05) is 6.07 Å². The first kappa shape index (κ1) is 10.9. The topological polar surface area (TPSA) is 85.4 Å². The molecule has 0 amide bonds. The Kier molecular flexibility index (Phi) is 2.91. The fourth-order valence-corrected chi connectivity index (χ4v) is 1.30. The molecule has 86 valence electrons. The molecule has 0 atom stereocenters. The number of ether oxygens (including phenoxy) is 1. The third-order valence-electron chi connectivity index (χ3n) is 2.11. The van der Waals surface area contributed by atoms with E-state index in [1.165, 1.54) is 12.3 Å². The van der Waals surface area contributed by atoms with Crippen LogP contribution in [-0.4, -0.2) is 16.1 Å². The number of nitrogen functional groups attached to an aromatic ring is 1. The number of benzene rings is 1. The van der Waals surface area contributed by atoms with Crippen molar-refractivity contribution in [2.24, 2.45) is 0 Å². The summed E-state index contributed by atoms with van der Waals surface area (Å²) in [5, 5.41) is 8.89. The molecular formula is C12H10N2O3. The van der Waals surface area contributed by atoms with Crippen molar-refractivity contribution in [3.8, 4) is 11.6 Å². The highest BCUT2D eigenvalue weighted by atomic mass is 16.5. The molecule has 5 heteroatoms. The van der Waals surface area contributed by atoms with Gasteiger partial charge in [-0.1, -0.05) is 18.2 Å². The molecule has 5 nitrogen and oxygen atoms in total. The SMILES string of the molecule is Nc1cnc(Oc2ccccc2)cc1C(=O)O. The van der Waals surface area contributed by atoms with Gasteiger partial charge in [-0.25, -0.2) is 9.78 Å². The van der Waals surface area contributed by atoms with Crippen LogP contribution >= 0.6 is 0 Å². The zero-order valence-electron chi connectivity index (χ0n) is 8.83. The number of para-hydroxylation sites is 1. The summed E-state index contributed by atoms with van der Waals surface area (Å²) >= 11 is 0. The summed E-state index contributed by atoms with van der Waals surface area (Å²) in [6, 6.07) is 10.3. The number of aromatic carboxylic acids is 1. The van der Waals surface area contributed by atoms with Gasteiger partial charge in [0.1, 0.15) is 5.75 Å². The number of carboxylic acid groups (broad SMARTS) is 1. The van der Waals surface area contributed by atoms with Crippen molar-refractivity contribution in [2.75, 3.05) is 5.73 Å². The molecule has 0 fully saturated rings. The Labute approximate surface area is 97.5 Å². The summed E-state index contributed by atoms with van der Waals surface area (Å²) in [4.78, 5) is 14.8. The van der Waals surface area contributed by atoms with Gasteiger partial charge >= 0.3 is 5.97 Å². The maximum Gasteiger partial charge on any atom is 0.338 e. The monoisotopic (exact) mass is 230 g/mol. The first-order valence-corrected chi connectivity index (χ1v) is 4.88. The summed E-state index contributed by atoms with van der Waals surface area (Å²) in [5.41, 5.74) is 5.57. The largest absolute Gasteiger partial charge is 0.478 e. The Morgan fingerprint density at radius 1 is 1.29 bits per heavy atom. The second kappa shape index (κ2) is 4.52. The number of rotatable bonds is 3. The third kappa shape index (κ3) is 2.52. The van der Waals surface area contributed by atoms with E-state index in [0.717, 1.165) is 0 Å². The lowest BCUT2D eigenvalue weighted by atomic mass is 10.2. The highest BCUT2D eigenvalue weighted by molar-refractivity contribution is 5.93. The van der Waals surface area contributed by atoms with E-state index in [1.807, 2.05) is 18.2 Å². The number of hydrogen-bond acceptors (Lipinski definition) is 4. The molecule has 0 saturated carbocycles.